The van der Waals surface area contributed by atoms with Gasteiger partial charge in [-0.3, -0.25) is 4.57 Å². The smallest absolute Gasteiger partial charge is 0.137 e. The number of anilines is 2. The zero-order valence-corrected chi connectivity index (χ0v) is 41.9. The number of benzene rings is 7. The summed E-state index contributed by atoms with van der Waals surface area (Å²) in [6.07, 6.45) is 4.30. The molecule has 0 saturated heterocycles. The van der Waals surface area contributed by atoms with Gasteiger partial charge in [-0.1, -0.05) is 178 Å². The van der Waals surface area contributed by atoms with Crippen molar-refractivity contribution in [2.24, 2.45) is 5.41 Å². The largest absolute Gasteiger partial charge is 0.457 e. The second-order valence-electron chi connectivity index (χ2n) is 21.9. The SMILES string of the molecule is CC(C)(C)C1=CN(c2cc(C(C)(C)c3ccccc3)cc(C(C)(C)c3ccccc3)c2)CN1c1cccc(Oc2ccc3c4cc(-c5ccccc5)ccc4n(-c4cc(C(C)(C)C)ccn4)c3c2)c1. The Morgan fingerprint density at radius 2 is 1.06 bits per heavy atom. The summed E-state index contributed by atoms with van der Waals surface area (Å²) < 4.78 is 9.17. The number of rotatable bonds is 10. The summed E-state index contributed by atoms with van der Waals surface area (Å²) in [4.78, 5) is 9.85. The van der Waals surface area contributed by atoms with E-state index < -0.39 is 0 Å². The van der Waals surface area contributed by atoms with Crippen molar-refractivity contribution < 1.29 is 4.74 Å². The monoisotopic (exact) mass is 905 g/mol. The van der Waals surface area contributed by atoms with Crippen molar-refractivity contribution in [1.82, 2.24) is 9.55 Å². The number of pyridine rings is 1. The van der Waals surface area contributed by atoms with Crippen LogP contribution in [-0.4, -0.2) is 16.2 Å². The van der Waals surface area contributed by atoms with Crippen LogP contribution in [-0.2, 0) is 16.2 Å². The molecule has 69 heavy (non-hydrogen) atoms. The first-order chi connectivity index (χ1) is 32.9. The van der Waals surface area contributed by atoms with Gasteiger partial charge in [-0.05, 0) is 105 Å². The molecule has 5 heteroatoms. The zero-order valence-electron chi connectivity index (χ0n) is 41.9. The van der Waals surface area contributed by atoms with Crippen LogP contribution in [0.1, 0.15) is 97.1 Å². The maximum absolute atomic E-state index is 6.87. The Morgan fingerprint density at radius 3 is 1.68 bits per heavy atom. The van der Waals surface area contributed by atoms with E-state index in [2.05, 4.69) is 272 Å². The summed E-state index contributed by atoms with van der Waals surface area (Å²) in [7, 11) is 0. The minimum Gasteiger partial charge on any atom is -0.457 e. The van der Waals surface area contributed by atoms with Gasteiger partial charge in [0, 0.05) is 68.6 Å². The number of hydrogen-bond donors (Lipinski definition) is 0. The topological polar surface area (TPSA) is 33.5 Å². The predicted octanol–water partition coefficient (Wildman–Crippen LogP) is 16.8. The lowest BCUT2D eigenvalue weighted by Crippen LogP contribution is -2.31. The van der Waals surface area contributed by atoms with Gasteiger partial charge in [-0.25, -0.2) is 4.98 Å². The normalized spacial score (nSPS) is 13.6. The van der Waals surface area contributed by atoms with Gasteiger partial charge in [0.15, 0.2) is 0 Å². The Hall–Kier alpha value is -7.37. The minimum absolute atomic E-state index is 0.0316. The Morgan fingerprint density at radius 1 is 0.435 bits per heavy atom. The summed E-state index contributed by atoms with van der Waals surface area (Å²) in [6.45, 7) is 23.7. The Kier molecular flexibility index (Phi) is 11.4. The third kappa shape index (κ3) is 8.72. The molecule has 5 nitrogen and oxygen atoms in total. The lowest BCUT2D eigenvalue weighted by molar-refractivity contribution is 0.481. The Labute approximate surface area is 409 Å². The zero-order chi connectivity index (χ0) is 48.3. The molecule has 0 spiro atoms. The number of aromatic nitrogens is 2. The van der Waals surface area contributed by atoms with Gasteiger partial charge >= 0.3 is 0 Å². The number of ether oxygens (including phenoxy) is 1. The first kappa shape index (κ1) is 45.4. The van der Waals surface area contributed by atoms with Crippen LogP contribution < -0.4 is 14.5 Å². The average Bonchev–Trinajstić information content (AvgIpc) is 3.95. The summed E-state index contributed by atoms with van der Waals surface area (Å²) >= 11 is 0. The van der Waals surface area contributed by atoms with Gasteiger partial charge in [-0.15, -0.1) is 0 Å². The highest BCUT2D eigenvalue weighted by molar-refractivity contribution is 6.10. The van der Waals surface area contributed by atoms with Crippen molar-refractivity contribution in [3.05, 3.63) is 228 Å². The highest BCUT2D eigenvalue weighted by Crippen LogP contribution is 2.44. The number of fused-ring (bicyclic) bond motifs is 3. The van der Waals surface area contributed by atoms with Gasteiger partial charge in [-0.2, -0.15) is 0 Å². The minimum atomic E-state index is -0.226. The van der Waals surface area contributed by atoms with E-state index in [1.165, 1.54) is 55.7 Å². The number of allylic oxidation sites excluding steroid dienone is 1. The Bertz CT molecular complexity index is 3280. The highest BCUT2D eigenvalue weighted by Gasteiger charge is 2.34. The molecule has 1 aliphatic rings. The molecule has 0 aliphatic carbocycles. The van der Waals surface area contributed by atoms with E-state index in [1.807, 2.05) is 6.20 Å². The maximum atomic E-state index is 6.87. The van der Waals surface area contributed by atoms with Crippen molar-refractivity contribution in [1.29, 1.82) is 0 Å². The van der Waals surface area contributed by atoms with Crippen LogP contribution in [0.3, 0.4) is 0 Å². The molecule has 2 aromatic heterocycles. The van der Waals surface area contributed by atoms with Gasteiger partial charge < -0.3 is 14.5 Å². The van der Waals surface area contributed by atoms with Crippen molar-refractivity contribution >= 4 is 33.2 Å². The van der Waals surface area contributed by atoms with Crippen molar-refractivity contribution in [3.8, 4) is 28.4 Å². The fourth-order valence-electron chi connectivity index (χ4n) is 9.98. The molecular weight excluding hydrogens is 841 g/mol. The van der Waals surface area contributed by atoms with Gasteiger partial charge in [0.1, 0.15) is 17.3 Å². The molecule has 7 aromatic carbocycles. The molecule has 3 heterocycles. The summed E-state index contributed by atoms with van der Waals surface area (Å²) in [5, 5.41) is 2.32. The summed E-state index contributed by atoms with van der Waals surface area (Å²) in [5.74, 6) is 2.43. The molecule has 0 N–H and O–H groups in total. The molecule has 0 unspecified atom stereocenters. The Balaban J connectivity index is 1.02. The number of hydrogen-bond acceptors (Lipinski definition) is 4. The van der Waals surface area contributed by atoms with Gasteiger partial charge in [0.25, 0.3) is 0 Å². The molecule has 1 aliphatic heterocycles. The lowest BCUT2D eigenvalue weighted by atomic mass is 9.73. The van der Waals surface area contributed by atoms with Crippen LogP contribution in [0.2, 0.25) is 0 Å². The molecule has 0 fully saturated rings. The van der Waals surface area contributed by atoms with E-state index in [1.54, 1.807) is 0 Å². The molecule has 9 aromatic rings. The molecule has 346 valence electrons. The standard InChI is InChI=1S/C64H64N4O/c1-61(2,3)48-33-34-65-60(39-48)68-57-32-29-45(44-21-14-11-15-22-44)35-56(57)55-31-30-54(41-58(55)68)69-53-28-20-27-51(40-53)67-43-66(42-59(67)62(4,5)6)52-37-49(63(7,8)46-23-16-12-17-24-46)36-50(38-52)64(9,10)47-25-18-13-19-26-47/h11-42H,43H2,1-10H3. The van der Waals surface area contributed by atoms with E-state index in [4.69, 9.17) is 9.72 Å². The van der Waals surface area contributed by atoms with E-state index >= 15 is 0 Å². The van der Waals surface area contributed by atoms with Crippen LogP contribution >= 0.6 is 0 Å². The molecule has 10 rings (SSSR count). The second kappa shape index (κ2) is 17.3. The first-order valence-corrected chi connectivity index (χ1v) is 24.4. The second-order valence-corrected chi connectivity index (χ2v) is 21.9. The first-order valence-electron chi connectivity index (χ1n) is 24.4. The van der Waals surface area contributed by atoms with Crippen molar-refractivity contribution in [2.75, 3.05) is 16.5 Å². The number of nitrogens with zero attached hydrogens (tertiary/aromatic N) is 4. The average molecular weight is 905 g/mol. The maximum Gasteiger partial charge on any atom is 0.137 e. The van der Waals surface area contributed by atoms with Crippen molar-refractivity contribution in [2.45, 2.75) is 85.5 Å². The fourth-order valence-corrected chi connectivity index (χ4v) is 9.98. The van der Waals surface area contributed by atoms with Crippen molar-refractivity contribution in [3.63, 3.8) is 0 Å². The van der Waals surface area contributed by atoms with E-state index in [0.29, 0.717) is 6.67 Å². The van der Waals surface area contributed by atoms with Crippen LogP contribution in [0, 0.1) is 5.41 Å². The van der Waals surface area contributed by atoms with Gasteiger partial charge in [0.05, 0.1) is 17.7 Å². The quantitative estimate of drug-likeness (QED) is 0.137. The summed E-state index contributed by atoms with van der Waals surface area (Å²) in [6, 6.07) is 65.8. The lowest BCUT2D eigenvalue weighted by Gasteiger charge is -2.33. The van der Waals surface area contributed by atoms with Crippen LogP contribution in [0.5, 0.6) is 11.5 Å². The third-order valence-electron chi connectivity index (χ3n) is 14.4. The van der Waals surface area contributed by atoms with E-state index in [0.717, 1.165) is 39.4 Å². The van der Waals surface area contributed by atoms with Crippen LogP contribution in [0.4, 0.5) is 11.4 Å². The molecule has 0 amide bonds. The highest BCUT2D eigenvalue weighted by atomic mass is 16.5. The molecule has 0 atom stereocenters. The van der Waals surface area contributed by atoms with E-state index in [9.17, 15) is 0 Å². The molecule has 0 bridgehead atoms. The predicted molar refractivity (Wildman–Crippen MR) is 290 cm³/mol. The molecule has 0 saturated carbocycles. The molecule has 0 radical (unpaired) electrons. The van der Waals surface area contributed by atoms with Crippen LogP contribution in [0.15, 0.2) is 200 Å². The van der Waals surface area contributed by atoms with Gasteiger partial charge in [0.2, 0.25) is 0 Å². The molecular formula is C64H64N4O. The van der Waals surface area contributed by atoms with Crippen LogP contribution in [0.25, 0.3) is 38.8 Å². The summed E-state index contributed by atoms with van der Waals surface area (Å²) in [5.41, 5.74) is 13.8. The third-order valence-corrected chi connectivity index (χ3v) is 14.4. The van der Waals surface area contributed by atoms with E-state index in [-0.39, 0.29) is 21.7 Å². The fraction of sp³-hybridized carbons (Fsp3) is 0.234.